The Balaban J connectivity index is 4.62. The molecular weight excluding hydrogens is 803 g/mol. The SMILES string of the molecule is CCCCCCCCC/C=C/C=C/CCCCCC(=O)OC(CCC/C=C/C=C/CCCCCCCCC)CC(=O)NC(CO)C(O)CCCCCCCCCCCCCCCCCC. The van der Waals surface area contributed by atoms with Crippen molar-refractivity contribution in [3.63, 3.8) is 0 Å². The highest BCUT2D eigenvalue weighted by atomic mass is 16.5. The summed E-state index contributed by atoms with van der Waals surface area (Å²) in [6.45, 7) is 6.48. The molecule has 6 nitrogen and oxygen atoms in total. The van der Waals surface area contributed by atoms with E-state index in [0.29, 0.717) is 19.3 Å². The number of hydrogen-bond acceptors (Lipinski definition) is 5. The summed E-state index contributed by atoms with van der Waals surface area (Å²) in [4.78, 5) is 26.2. The lowest BCUT2D eigenvalue weighted by Crippen LogP contribution is -2.46. The number of hydrogen-bond donors (Lipinski definition) is 3. The number of esters is 1. The molecule has 1 amide bonds. The summed E-state index contributed by atoms with van der Waals surface area (Å²) in [5.74, 6) is -0.544. The Labute approximate surface area is 404 Å². The minimum Gasteiger partial charge on any atom is -0.462 e. The van der Waals surface area contributed by atoms with Gasteiger partial charge in [0.1, 0.15) is 6.10 Å². The van der Waals surface area contributed by atoms with Crippen molar-refractivity contribution in [2.75, 3.05) is 6.61 Å². The number of nitrogens with one attached hydrogen (secondary N) is 1. The van der Waals surface area contributed by atoms with E-state index in [4.69, 9.17) is 4.74 Å². The Hall–Kier alpha value is -2.18. The van der Waals surface area contributed by atoms with E-state index >= 15 is 0 Å². The molecule has 0 radical (unpaired) electrons. The number of unbranched alkanes of at least 4 members (excludes halogenated alkanes) is 33. The number of rotatable bonds is 51. The van der Waals surface area contributed by atoms with Crippen LogP contribution in [0.4, 0.5) is 0 Å². The fourth-order valence-corrected chi connectivity index (χ4v) is 8.60. The molecule has 0 aliphatic carbocycles. The maximum atomic E-state index is 13.2. The first-order valence-electron chi connectivity index (χ1n) is 28.4. The summed E-state index contributed by atoms with van der Waals surface area (Å²) < 4.78 is 5.91. The summed E-state index contributed by atoms with van der Waals surface area (Å²) in [5.41, 5.74) is 0. The molecule has 0 bridgehead atoms. The molecule has 0 spiro atoms. The van der Waals surface area contributed by atoms with Crippen molar-refractivity contribution in [3.05, 3.63) is 48.6 Å². The van der Waals surface area contributed by atoms with Gasteiger partial charge in [0, 0.05) is 6.42 Å². The highest BCUT2D eigenvalue weighted by molar-refractivity contribution is 5.77. The van der Waals surface area contributed by atoms with Gasteiger partial charge in [0.2, 0.25) is 5.91 Å². The van der Waals surface area contributed by atoms with Gasteiger partial charge in [-0.1, -0.05) is 256 Å². The number of ether oxygens (including phenoxy) is 1. The zero-order valence-electron chi connectivity index (χ0n) is 43.4. The van der Waals surface area contributed by atoms with E-state index in [2.05, 4.69) is 74.7 Å². The van der Waals surface area contributed by atoms with E-state index in [9.17, 15) is 19.8 Å². The van der Waals surface area contributed by atoms with E-state index in [1.54, 1.807) is 0 Å². The van der Waals surface area contributed by atoms with Crippen molar-refractivity contribution in [1.82, 2.24) is 5.32 Å². The van der Waals surface area contributed by atoms with E-state index in [0.717, 1.165) is 70.6 Å². The van der Waals surface area contributed by atoms with Crippen LogP contribution >= 0.6 is 0 Å². The summed E-state index contributed by atoms with van der Waals surface area (Å²) in [6, 6.07) is -0.722. The van der Waals surface area contributed by atoms with Gasteiger partial charge in [-0.15, -0.1) is 0 Å². The third-order valence-electron chi connectivity index (χ3n) is 12.9. The monoisotopic (exact) mass is 912 g/mol. The maximum absolute atomic E-state index is 13.2. The first-order valence-corrected chi connectivity index (χ1v) is 28.4. The van der Waals surface area contributed by atoms with Crippen LogP contribution < -0.4 is 5.32 Å². The van der Waals surface area contributed by atoms with Crippen molar-refractivity contribution in [1.29, 1.82) is 0 Å². The Morgan fingerprint density at radius 2 is 0.785 bits per heavy atom. The van der Waals surface area contributed by atoms with Gasteiger partial charge in [-0.2, -0.15) is 0 Å². The number of carbonyl (C=O) groups excluding carboxylic acids is 2. The molecular formula is C59H109NO5. The average molecular weight is 913 g/mol. The van der Waals surface area contributed by atoms with Crippen LogP contribution in [0.25, 0.3) is 0 Å². The molecule has 380 valence electrons. The summed E-state index contributed by atoms with van der Waals surface area (Å²) in [5, 5.41) is 23.8. The molecule has 65 heavy (non-hydrogen) atoms. The first-order chi connectivity index (χ1) is 32.0. The maximum Gasteiger partial charge on any atom is 0.306 e. The predicted octanol–water partition coefficient (Wildman–Crippen LogP) is 17.4. The van der Waals surface area contributed by atoms with E-state index in [1.807, 2.05) is 0 Å². The van der Waals surface area contributed by atoms with Crippen LogP contribution in [0.3, 0.4) is 0 Å². The molecule has 0 saturated carbocycles. The quantitative estimate of drug-likeness (QED) is 0.0321. The largest absolute Gasteiger partial charge is 0.462 e. The van der Waals surface area contributed by atoms with Gasteiger partial charge in [0.25, 0.3) is 0 Å². The lowest BCUT2D eigenvalue weighted by atomic mass is 10.0. The number of aliphatic hydroxyl groups is 2. The van der Waals surface area contributed by atoms with Crippen molar-refractivity contribution in [2.24, 2.45) is 0 Å². The van der Waals surface area contributed by atoms with Crippen molar-refractivity contribution < 1.29 is 24.5 Å². The molecule has 0 fully saturated rings. The highest BCUT2D eigenvalue weighted by Crippen LogP contribution is 2.17. The van der Waals surface area contributed by atoms with Gasteiger partial charge in [-0.25, -0.2) is 0 Å². The second-order valence-electron chi connectivity index (χ2n) is 19.4. The first kappa shape index (κ1) is 62.8. The van der Waals surface area contributed by atoms with Gasteiger partial charge in [0.05, 0.1) is 25.2 Å². The van der Waals surface area contributed by atoms with Gasteiger partial charge < -0.3 is 20.3 Å². The molecule has 0 heterocycles. The molecule has 0 aromatic rings. The lowest BCUT2D eigenvalue weighted by Gasteiger charge is -2.24. The zero-order valence-corrected chi connectivity index (χ0v) is 43.4. The molecule has 3 atom stereocenters. The summed E-state index contributed by atoms with van der Waals surface area (Å²) in [6.07, 6.45) is 64.7. The molecule has 6 heteroatoms. The second-order valence-corrected chi connectivity index (χ2v) is 19.4. The summed E-state index contributed by atoms with van der Waals surface area (Å²) >= 11 is 0. The average Bonchev–Trinajstić information content (AvgIpc) is 3.30. The third-order valence-corrected chi connectivity index (χ3v) is 12.9. The smallest absolute Gasteiger partial charge is 0.306 e. The van der Waals surface area contributed by atoms with Gasteiger partial charge >= 0.3 is 5.97 Å². The van der Waals surface area contributed by atoms with E-state index in [-0.39, 0.29) is 24.9 Å². The Morgan fingerprint density at radius 1 is 0.446 bits per heavy atom. The number of aliphatic hydroxyl groups excluding tert-OH is 2. The van der Waals surface area contributed by atoms with Gasteiger partial charge in [-0.3, -0.25) is 9.59 Å². The fraction of sp³-hybridized carbons (Fsp3) is 0.831. The lowest BCUT2D eigenvalue weighted by molar-refractivity contribution is -0.151. The number of carbonyl (C=O) groups is 2. The number of allylic oxidation sites excluding steroid dienone is 8. The molecule has 3 unspecified atom stereocenters. The molecule has 0 rings (SSSR count). The minimum atomic E-state index is -0.804. The van der Waals surface area contributed by atoms with Crippen LogP contribution in [0.2, 0.25) is 0 Å². The predicted molar refractivity (Wildman–Crippen MR) is 282 cm³/mol. The van der Waals surface area contributed by atoms with Crippen molar-refractivity contribution >= 4 is 11.9 Å². The molecule has 0 saturated heterocycles. The van der Waals surface area contributed by atoms with Crippen LogP contribution in [0.1, 0.15) is 290 Å². The van der Waals surface area contributed by atoms with Crippen LogP contribution in [0, 0.1) is 0 Å². The van der Waals surface area contributed by atoms with Crippen LogP contribution in [-0.4, -0.2) is 46.9 Å². The minimum absolute atomic E-state index is 0.0351. The fourth-order valence-electron chi connectivity index (χ4n) is 8.60. The van der Waals surface area contributed by atoms with E-state index in [1.165, 1.54) is 173 Å². The van der Waals surface area contributed by atoms with Crippen molar-refractivity contribution in [2.45, 2.75) is 309 Å². The van der Waals surface area contributed by atoms with Crippen molar-refractivity contribution in [3.8, 4) is 0 Å². The van der Waals surface area contributed by atoms with Gasteiger partial charge in [-0.05, 0) is 70.6 Å². The normalized spacial score (nSPS) is 13.5. The third kappa shape index (κ3) is 48.1. The van der Waals surface area contributed by atoms with Crippen LogP contribution in [0.5, 0.6) is 0 Å². The standard InChI is InChI=1S/C59H109NO5/c1-4-7-10-13-16-19-22-25-28-30-33-36-39-42-45-48-51-57(62)56(54-61)60-58(63)53-55(50-47-44-41-38-35-32-27-24-21-18-15-12-9-6-3)65-59(64)52-49-46-43-40-37-34-31-29-26-23-20-17-14-11-8-5-2/h29,31-32,34-35,37-38,41,55-57,61-62H,4-28,30,33,36,39-40,42-54H2,1-3H3,(H,60,63)/b31-29+,35-32+,37-34+,41-38+. The van der Waals surface area contributed by atoms with Crippen LogP contribution in [0.15, 0.2) is 48.6 Å². The zero-order chi connectivity index (χ0) is 47.4. The Kier molecular flexibility index (Phi) is 51.0. The molecule has 0 aliphatic heterocycles. The highest BCUT2D eigenvalue weighted by Gasteiger charge is 2.24. The molecule has 0 aromatic heterocycles. The molecule has 0 aromatic carbocycles. The molecule has 0 aliphatic rings. The van der Waals surface area contributed by atoms with Crippen LogP contribution in [-0.2, 0) is 14.3 Å². The second kappa shape index (κ2) is 52.8. The van der Waals surface area contributed by atoms with E-state index < -0.39 is 18.2 Å². The molecule has 3 N–H and O–H groups in total. The Morgan fingerprint density at radius 3 is 1.17 bits per heavy atom. The Bertz CT molecular complexity index is 1110. The topological polar surface area (TPSA) is 95.9 Å². The van der Waals surface area contributed by atoms with Gasteiger partial charge in [0.15, 0.2) is 0 Å². The number of amides is 1. The summed E-state index contributed by atoms with van der Waals surface area (Å²) in [7, 11) is 0.